The Bertz CT molecular complexity index is 721. The molecule has 0 saturated heterocycles. The second-order valence-corrected chi connectivity index (χ2v) is 4.67. The lowest BCUT2D eigenvalue weighted by molar-refractivity contribution is 0.306. The van der Waals surface area contributed by atoms with Crippen LogP contribution in [0.15, 0.2) is 48.7 Å². The molecular formula is C15H12ClNO2. The Morgan fingerprint density at radius 3 is 2.84 bits per heavy atom. The summed E-state index contributed by atoms with van der Waals surface area (Å²) < 4.78 is 5.66. The Hall–Kier alpha value is -2.13. The van der Waals surface area contributed by atoms with E-state index in [1.54, 1.807) is 24.3 Å². The SMILES string of the molecule is Oc1cccc(OCc2c[nH]c3cccc(Cl)c23)c1. The van der Waals surface area contributed by atoms with Gasteiger partial charge in [0.15, 0.2) is 0 Å². The molecule has 0 bridgehead atoms. The number of nitrogens with one attached hydrogen (secondary N) is 1. The van der Waals surface area contributed by atoms with E-state index in [1.165, 1.54) is 0 Å². The van der Waals surface area contributed by atoms with Crippen LogP contribution in [0.5, 0.6) is 11.5 Å². The first-order valence-corrected chi connectivity index (χ1v) is 6.28. The van der Waals surface area contributed by atoms with E-state index in [1.807, 2.05) is 24.4 Å². The van der Waals surface area contributed by atoms with E-state index < -0.39 is 0 Å². The molecule has 3 nitrogen and oxygen atoms in total. The Morgan fingerprint density at radius 1 is 1.16 bits per heavy atom. The summed E-state index contributed by atoms with van der Waals surface area (Å²) in [7, 11) is 0. The van der Waals surface area contributed by atoms with E-state index in [9.17, 15) is 5.11 Å². The topological polar surface area (TPSA) is 45.2 Å². The highest BCUT2D eigenvalue weighted by Gasteiger charge is 2.07. The molecule has 0 radical (unpaired) electrons. The molecular weight excluding hydrogens is 262 g/mol. The number of benzene rings is 2. The molecule has 0 spiro atoms. The molecule has 19 heavy (non-hydrogen) atoms. The minimum atomic E-state index is 0.189. The molecule has 0 aliphatic rings. The number of aromatic amines is 1. The van der Waals surface area contributed by atoms with Crippen molar-refractivity contribution in [3.8, 4) is 11.5 Å². The van der Waals surface area contributed by atoms with Crippen LogP contribution >= 0.6 is 11.6 Å². The van der Waals surface area contributed by atoms with Gasteiger partial charge in [-0.25, -0.2) is 0 Å². The zero-order valence-electron chi connectivity index (χ0n) is 10.1. The third-order valence-corrected chi connectivity index (χ3v) is 3.26. The van der Waals surface area contributed by atoms with Crippen molar-refractivity contribution in [3.63, 3.8) is 0 Å². The van der Waals surface area contributed by atoms with Crippen LogP contribution < -0.4 is 4.74 Å². The summed E-state index contributed by atoms with van der Waals surface area (Å²) in [5.41, 5.74) is 1.98. The fraction of sp³-hybridized carbons (Fsp3) is 0.0667. The van der Waals surface area contributed by atoms with Gasteiger partial charge in [0.05, 0.1) is 5.02 Å². The van der Waals surface area contributed by atoms with Crippen molar-refractivity contribution in [2.75, 3.05) is 0 Å². The monoisotopic (exact) mass is 273 g/mol. The summed E-state index contributed by atoms with van der Waals surface area (Å²) in [5.74, 6) is 0.816. The van der Waals surface area contributed by atoms with Crippen molar-refractivity contribution in [1.82, 2.24) is 4.98 Å². The van der Waals surface area contributed by atoms with Gasteiger partial charge in [-0.15, -0.1) is 0 Å². The lowest BCUT2D eigenvalue weighted by Crippen LogP contribution is -1.94. The number of halogens is 1. The summed E-state index contributed by atoms with van der Waals surface area (Å²) in [6.07, 6.45) is 1.89. The fourth-order valence-corrected chi connectivity index (χ4v) is 2.35. The van der Waals surface area contributed by atoms with Crippen LogP contribution in [-0.2, 0) is 6.61 Å². The number of H-pyrrole nitrogens is 1. The Labute approximate surface area is 115 Å². The van der Waals surface area contributed by atoms with Crippen LogP contribution in [-0.4, -0.2) is 10.1 Å². The van der Waals surface area contributed by atoms with Crippen molar-refractivity contribution >= 4 is 22.5 Å². The lowest BCUT2D eigenvalue weighted by Gasteiger charge is -2.06. The molecule has 0 saturated carbocycles. The van der Waals surface area contributed by atoms with Gasteiger partial charge in [0.1, 0.15) is 18.1 Å². The first kappa shape index (κ1) is 11.9. The summed E-state index contributed by atoms with van der Waals surface area (Å²) >= 11 is 6.19. The highest BCUT2D eigenvalue weighted by atomic mass is 35.5. The summed E-state index contributed by atoms with van der Waals surface area (Å²) in [5, 5.41) is 11.1. The van der Waals surface area contributed by atoms with Crippen LogP contribution in [0.2, 0.25) is 5.02 Å². The van der Waals surface area contributed by atoms with Crippen LogP contribution in [0.1, 0.15) is 5.56 Å². The predicted molar refractivity (Wildman–Crippen MR) is 75.7 cm³/mol. The van der Waals surface area contributed by atoms with Gasteiger partial charge in [-0.2, -0.15) is 0 Å². The summed E-state index contributed by atoms with van der Waals surface area (Å²) in [6.45, 7) is 0.396. The number of phenolic OH excluding ortho intramolecular Hbond substituents is 1. The number of phenols is 1. The van der Waals surface area contributed by atoms with Crippen molar-refractivity contribution in [3.05, 3.63) is 59.2 Å². The Balaban J connectivity index is 1.86. The van der Waals surface area contributed by atoms with E-state index in [4.69, 9.17) is 16.3 Å². The quantitative estimate of drug-likeness (QED) is 0.754. The van der Waals surface area contributed by atoms with Gasteiger partial charge in [-0.3, -0.25) is 0 Å². The smallest absolute Gasteiger partial charge is 0.123 e. The molecule has 1 aromatic heterocycles. The molecule has 1 heterocycles. The first-order chi connectivity index (χ1) is 9.24. The molecule has 0 amide bonds. The number of fused-ring (bicyclic) bond motifs is 1. The molecule has 0 aliphatic carbocycles. The summed E-state index contributed by atoms with van der Waals surface area (Å²) in [4.78, 5) is 3.16. The molecule has 3 rings (SSSR count). The maximum atomic E-state index is 9.38. The van der Waals surface area contributed by atoms with Gasteiger partial charge in [0, 0.05) is 28.7 Å². The van der Waals surface area contributed by atoms with Crippen LogP contribution in [0.25, 0.3) is 10.9 Å². The van der Waals surface area contributed by atoms with Gasteiger partial charge >= 0.3 is 0 Å². The van der Waals surface area contributed by atoms with Gasteiger partial charge in [0.2, 0.25) is 0 Å². The number of rotatable bonds is 3. The molecule has 3 aromatic rings. The van der Waals surface area contributed by atoms with Crippen molar-refractivity contribution < 1.29 is 9.84 Å². The molecule has 2 aromatic carbocycles. The fourth-order valence-electron chi connectivity index (χ4n) is 2.06. The van der Waals surface area contributed by atoms with Crippen LogP contribution in [0.4, 0.5) is 0 Å². The summed E-state index contributed by atoms with van der Waals surface area (Å²) in [6, 6.07) is 12.5. The van der Waals surface area contributed by atoms with Crippen molar-refractivity contribution in [1.29, 1.82) is 0 Å². The third kappa shape index (κ3) is 2.37. The maximum absolute atomic E-state index is 9.38. The molecule has 0 atom stereocenters. The second-order valence-electron chi connectivity index (χ2n) is 4.26. The number of aromatic hydroxyl groups is 1. The largest absolute Gasteiger partial charge is 0.508 e. The zero-order chi connectivity index (χ0) is 13.2. The number of ether oxygens (including phenoxy) is 1. The Morgan fingerprint density at radius 2 is 2.00 bits per heavy atom. The average Bonchev–Trinajstić information content (AvgIpc) is 2.81. The van der Waals surface area contributed by atoms with Gasteiger partial charge in [-0.1, -0.05) is 23.7 Å². The number of aromatic nitrogens is 1. The van der Waals surface area contributed by atoms with E-state index in [0.29, 0.717) is 17.4 Å². The molecule has 2 N–H and O–H groups in total. The van der Waals surface area contributed by atoms with Crippen LogP contribution in [0, 0.1) is 0 Å². The minimum absolute atomic E-state index is 0.189. The first-order valence-electron chi connectivity index (χ1n) is 5.90. The average molecular weight is 274 g/mol. The van der Waals surface area contributed by atoms with Crippen molar-refractivity contribution in [2.45, 2.75) is 6.61 Å². The molecule has 96 valence electrons. The minimum Gasteiger partial charge on any atom is -0.508 e. The molecule has 0 aliphatic heterocycles. The number of hydrogen-bond donors (Lipinski definition) is 2. The van der Waals surface area contributed by atoms with Crippen LogP contribution in [0.3, 0.4) is 0 Å². The standard InChI is InChI=1S/C15H12ClNO2/c16-13-5-2-6-14-15(13)10(8-17-14)9-19-12-4-1-3-11(18)7-12/h1-8,17-18H,9H2. The normalized spacial score (nSPS) is 10.8. The number of hydrogen-bond acceptors (Lipinski definition) is 2. The van der Waals surface area contributed by atoms with Gasteiger partial charge in [0.25, 0.3) is 0 Å². The molecule has 4 heteroatoms. The van der Waals surface area contributed by atoms with E-state index in [2.05, 4.69) is 4.98 Å². The molecule has 0 fully saturated rings. The lowest BCUT2D eigenvalue weighted by atomic mass is 10.2. The van der Waals surface area contributed by atoms with E-state index in [-0.39, 0.29) is 5.75 Å². The van der Waals surface area contributed by atoms with Gasteiger partial charge in [-0.05, 0) is 24.3 Å². The van der Waals surface area contributed by atoms with E-state index >= 15 is 0 Å². The highest BCUT2D eigenvalue weighted by molar-refractivity contribution is 6.35. The third-order valence-electron chi connectivity index (χ3n) is 2.95. The predicted octanol–water partition coefficient (Wildman–Crippen LogP) is 4.11. The second kappa shape index (κ2) is 4.86. The Kier molecular flexibility index (Phi) is 3.05. The van der Waals surface area contributed by atoms with Crippen molar-refractivity contribution in [2.24, 2.45) is 0 Å². The van der Waals surface area contributed by atoms with Gasteiger partial charge < -0.3 is 14.8 Å². The molecule has 0 unspecified atom stereocenters. The zero-order valence-corrected chi connectivity index (χ0v) is 10.8. The van der Waals surface area contributed by atoms with E-state index in [0.717, 1.165) is 16.5 Å². The highest BCUT2D eigenvalue weighted by Crippen LogP contribution is 2.27. The maximum Gasteiger partial charge on any atom is 0.123 e.